The van der Waals surface area contributed by atoms with Crippen molar-refractivity contribution in [1.82, 2.24) is 10.3 Å². The van der Waals surface area contributed by atoms with Gasteiger partial charge >= 0.3 is 0 Å². The smallest absolute Gasteiger partial charge is 0.133 e. The van der Waals surface area contributed by atoms with Crippen molar-refractivity contribution in [2.75, 3.05) is 50.0 Å². The molecular weight excluding hydrogens is 394 g/mol. The third-order valence-electron chi connectivity index (χ3n) is 6.33. The molecule has 0 bridgehead atoms. The lowest BCUT2D eigenvalue weighted by atomic mass is 10.0. The number of anilines is 2. The van der Waals surface area contributed by atoms with Crippen molar-refractivity contribution < 1.29 is 4.74 Å². The van der Waals surface area contributed by atoms with Crippen molar-refractivity contribution >= 4 is 38.9 Å². The number of amidine groups is 1. The zero-order chi connectivity index (χ0) is 20.1. The minimum absolute atomic E-state index is 0.777. The van der Waals surface area contributed by atoms with Gasteiger partial charge in [-0.15, -0.1) is 11.3 Å². The van der Waals surface area contributed by atoms with E-state index in [-0.39, 0.29) is 0 Å². The number of fused-ring (bicyclic) bond motifs is 3. The monoisotopic (exact) mass is 419 g/mol. The van der Waals surface area contributed by atoms with Gasteiger partial charge in [0.15, 0.2) is 0 Å². The van der Waals surface area contributed by atoms with Gasteiger partial charge in [0.25, 0.3) is 0 Å². The van der Waals surface area contributed by atoms with Crippen LogP contribution in [0.3, 0.4) is 0 Å². The summed E-state index contributed by atoms with van der Waals surface area (Å²) in [5, 5.41) is 4.52. The number of aromatic nitrogens is 1. The Kier molecular flexibility index (Phi) is 4.39. The molecule has 154 valence electrons. The lowest BCUT2D eigenvalue weighted by Crippen LogP contribution is -2.37. The number of hydrogen-bond donors (Lipinski definition) is 2. The lowest BCUT2D eigenvalue weighted by molar-refractivity contribution is 0.122. The number of thiophene rings is 1. The summed E-state index contributed by atoms with van der Waals surface area (Å²) in [5.41, 5.74) is 12.7. The van der Waals surface area contributed by atoms with Gasteiger partial charge in [0.05, 0.1) is 30.3 Å². The number of aryl methyl sites for hydroxylation is 1. The first-order valence-electron chi connectivity index (χ1n) is 10.7. The number of ether oxygens (including phenoxy) is 1. The molecule has 0 saturated carbocycles. The van der Waals surface area contributed by atoms with Crippen LogP contribution in [0.4, 0.5) is 11.5 Å². The Labute approximate surface area is 179 Å². The minimum atomic E-state index is 0.777. The second kappa shape index (κ2) is 7.25. The van der Waals surface area contributed by atoms with Crippen LogP contribution in [0, 0.1) is 0 Å². The summed E-state index contributed by atoms with van der Waals surface area (Å²) in [6.45, 7) is 5.15. The van der Waals surface area contributed by atoms with E-state index < -0.39 is 0 Å². The van der Waals surface area contributed by atoms with E-state index >= 15 is 0 Å². The fourth-order valence-electron chi connectivity index (χ4n) is 4.85. The zero-order valence-corrected chi connectivity index (χ0v) is 17.7. The number of hydrogen-bond acceptors (Lipinski definition) is 7. The molecule has 0 atom stereocenters. The van der Waals surface area contributed by atoms with Gasteiger partial charge in [-0.3, -0.25) is 4.99 Å². The van der Waals surface area contributed by atoms with Crippen LogP contribution in [0.5, 0.6) is 0 Å². The Morgan fingerprint density at radius 2 is 1.80 bits per heavy atom. The van der Waals surface area contributed by atoms with E-state index in [4.69, 9.17) is 15.5 Å². The van der Waals surface area contributed by atoms with E-state index in [1.807, 2.05) is 0 Å². The highest BCUT2D eigenvalue weighted by molar-refractivity contribution is 7.22. The van der Waals surface area contributed by atoms with Gasteiger partial charge in [0.1, 0.15) is 16.5 Å². The Hall–Kier alpha value is -2.64. The lowest BCUT2D eigenvalue weighted by Gasteiger charge is -2.29. The Bertz CT molecular complexity index is 1140. The first-order chi connectivity index (χ1) is 14.8. The van der Waals surface area contributed by atoms with Crippen LogP contribution >= 0.6 is 11.3 Å². The van der Waals surface area contributed by atoms with E-state index in [0.29, 0.717) is 0 Å². The standard InChI is InChI=1S/C23H25N5OS/c24-19-18-16-2-1-3-17(16)22(28-10-12-29-13-11-28)27-23(18)30-20(19)14-4-6-15(7-5-14)21-25-8-9-26-21/h4-7H,1-3,8-13,24H2,(H,25,26). The van der Waals surface area contributed by atoms with Crippen molar-refractivity contribution in [1.29, 1.82) is 0 Å². The molecule has 2 aliphatic heterocycles. The molecule has 7 heteroatoms. The van der Waals surface area contributed by atoms with Gasteiger partial charge in [0, 0.05) is 30.6 Å². The van der Waals surface area contributed by atoms with Crippen molar-refractivity contribution in [3.8, 4) is 10.4 Å². The molecule has 6 nitrogen and oxygen atoms in total. The molecular formula is C23H25N5OS. The predicted molar refractivity (Wildman–Crippen MR) is 124 cm³/mol. The molecule has 1 aromatic carbocycles. The van der Waals surface area contributed by atoms with Crippen LogP contribution in [0.25, 0.3) is 20.7 Å². The maximum absolute atomic E-state index is 6.73. The van der Waals surface area contributed by atoms with Crippen LogP contribution in [0.1, 0.15) is 23.1 Å². The van der Waals surface area contributed by atoms with Gasteiger partial charge in [-0.25, -0.2) is 4.98 Å². The number of nitrogens with two attached hydrogens (primary N) is 1. The van der Waals surface area contributed by atoms with E-state index in [2.05, 4.69) is 39.5 Å². The summed E-state index contributed by atoms with van der Waals surface area (Å²) in [6, 6.07) is 8.57. The Morgan fingerprint density at radius 1 is 1.03 bits per heavy atom. The molecule has 1 saturated heterocycles. The number of benzene rings is 1. The van der Waals surface area contributed by atoms with E-state index in [1.165, 1.54) is 22.9 Å². The van der Waals surface area contributed by atoms with Gasteiger partial charge in [0.2, 0.25) is 0 Å². The van der Waals surface area contributed by atoms with Crippen LogP contribution in [-0.2, 0) is 17.6 Å². The molecule has 0 radical (unpaired) electrons. The van der Waals surface area contributed by atoms with Crippen molar-refractivity contribution in [2.45, 2.75) is 19.3 Å². The SMILES string of the molecule is Nc1c(-c2ccc(C3=NCCN3)cc2)sc2nc(N3CCOCC3)c3c(c12)CCC3. The van der Waals surface area contributed by atoms with E-state index in [9.17, 15) is 0 Å². The highest BCUT2D eigenvalue weighted by atomic mass is 32.1. The highest BCUT2D eigenvalue weighted by Crippen LogP contribution is 2.46. The molecule has 3 N–H and O–H groups in total. The summed E-state index contributed by atoms with van der Waals surface area (Å²) < 4.78 is 5.56. The first-order valence-corrected chi connectivity index (χ1v) is 11.6. The molecule has 0 unspecified atom stereocenters. The minimum Gasteiger partial charge on any atom is -0.397 e. The van der Waals surface area contributed by atoms with E-state index in [1.54, 1.807) is 11.3 Å². The summed E-state index contributed by atoms with van der Waals surface area (Å²) in [4.78, 5) is 14.2. The molecule has 1 aliphatic carbocycles. The molecule has 4 heterocycles. The van der Waals surface area contributed by atoms with E-state index in [0.717, 1.165) is 90.4 Å². The molecule has 0 spiro atoms. The van der Waals surface area contributed by atoms with Crippen LogP contribution in [-0.4, -0.2) is 50.2 Å². The highest BCUT2D eigenvalue weighted by Gasteiger charge is 2.27. The second-order valence-electron chi connectivity index (χ2n) is 8.10. The number of pyridine rings is 1. The summed E-state index contributed by atoms with van der Waals surface area (Å²) in [6.07, 6.45) is 3.37. The average molecular weight is 420 g/mol. The largest absolute Gasteiger partial charge is 0.397 e. The van der Waals surface area contributed by atoms with Gasteiger partial charge < -0.3 is 20.7 Å². The molecule has 30 heavy (non-hydrogen) atoms. The van der Waals surface area contributed by atoms with Crippen LogP contribution in [0.2, 0.25) is 0 Å². The van der Waals surface area contributed by atoms with Crippen molar-refractivity contribution in [2.24, 2.45) is 4.99 Å². The topological polar surface area (TPSA) is 75.8 Å². The van der Waals surface area contributed by atoms with Gasteiger partial charge in [-0.05, 0) is 36.0 Å². The number of nitrogens with one attached hydrogen (secondary N) is 1. The number of nitrogen functional groups attached to an aromatic ring is 1. The quantitative estimate of drug-likeness (QED) is 0.682. The third-order valence-corrected chi connectivity index (χ3v) is 7.48. The maximum atomic E-state index is 6.73. The number of aliphatic imine (C=N–C) groups is 1. The number of nitrogens with zero attached hydrogens (tertiary/aromatic N) is 3. The first kappa shape index (κ1) is 18.2. The Morgan fingerprint density at radius 3 is 2.57 bits per heavy atom. The van der Waals surface area contributed by atoms with Gasteiger partial charge in [-0.2, -0.15) is 0 Å². The predicted octanol–water partition coefficient (Wildman–Crippen LogP) is 3.22. The molecule has 6 rings (SSSR count). The molecule has 0 amide bonds. The maximum Gasteiger partial charge on any atom is 0.133 e. The molecule has 2 aromatic heterocycles. The summed E-state index contributed by atoms with van der Waals surface area (Å²) in [5.74, 6) is 2.15. The summed E-state index contributed by atoms with van der Waals surface area (Å²) >= 11 is 1.72. The summed E-state index contributed by atoms with van der Waals surface area (Å²) in [7, 11) is 0. The van der Waals surface area contributed by atoms with Gasteiger partial charge in [-0.1, -0.05) is 24.3 Å². The zero-order valence-electron chi connectivity index (χ0n) is 16.9. The van der Waals surface area contributed by atoms with Crippen LogP contribution < -0.4 is 16.0 Å². The van der Waals surface area contributed by atoms with Crippen LogP contribution in [0.15, 0.2) is 29.3 Å². The molecule has 3 aromatic rings. The normalized spacial score (nSPS) is 18.5. The van der Waals surface area contributed by atoms with Crippen molar-refractivity contribution in [3.05, 3.63) is 41.0 Å². The average Bonchev–Trinajstić information content (AvgIpc) is 3.54. The Balaban J connectivity index is 1.44. The molecule has 3 aliphatic rings. The number of rotatable bonds is 3. The van der Waals surface area contributed by atoms with Crippen molar-refractivity contribution in [3.63, 3.8) is 0 Å². The fraction of sp³-hybridized carbons (Fsp3) is 0.391. The number of morpholine rings is 1. The third kappa shape index (κ3) is 2.87. The fourth-order valence-corrected chi connectivity index (χ4v) is 5.98. The second-order valence-corrected chi connectivity index (χ2v) is 9.10. The molecule has 1 fully saturated rings.